The van der Waals surface area contributed by atoms with Crippen LogP contribution in [-0.2, 0) is 9.53 Å². The zero-order valence-electron chi connectivity index (χ0n) is 22.9. The van der Waals surface area contributed by atoms with Crippen LogP contribution in [0, 0.1) is 0 Å². The first-order valence-corrected chi connectivity index (χ1v) is 14.8. The second-order valence-corrected chi connectivity index (χ2v) is 10.9. The Hall–Kier alpha value is -4.28. The van der Waals surface area contributed by atoms with Crippen LogP contribution in [0.2, 0.25) is 0 Å². The maximum Gasteiger partial charge on any atom is 0.338 e. The van der Waals surface area contributed by atoms with Crippen molar-refractivity contribution in [2.45, 2.75) is 17.9 Å². The summed E-state index contributed by atoms with van der Waals surface area (Å²) in [6, 6.07) is 19.7. The third-order valence-corrected chi connectivity index (χ3v) is 8.33. The smallest absolute Gasteiger partial charge is 0.338 e. The molecule has 0 bridgehead atoms. The molecule has 4 aromatic rings. The van der Waals surface area contributed by atoms with E-state index in [9.17, 15) is 14.7 Å². The third kappa shape index (κ3) is 5.40. The molecule has 0 saturated carbocycles. The summed E-state index contributed by atoms with van der Waals surface area (Å²) in [5.74, 6) is -0.234. The van der Waals surface area contributed by atoms with Crippen molar-refractivity contribution in [1.29, 1.82) is 0 Å². The van der Waals surface area contributed by atoms with Crippen LogP contribution < -0.4 is 24.4 Å². The lowest BCUT2D eigenvalue weighted by Gasteiger charge is -2.26. The Labute approximate surface area is 244 Å². The zero-order valence-corrected chi connectivity index (χ0v) is 24.5. The van der Waals surface area contributed by atoms with Gasteiger partial charge < -0.3 is 19.3 Å². The van der Waals surface area contributed by atoms with Gasteiger partial charge in [-0.15, -0.1) is 11.8 Å². The van der Waals surface area contributed by atoms with Gasteiger partial charge in [0.05, 0.1) is 42.7 Å². The molecule has 5 rings (SSSR count). The van der Waals surface area contributed by atoms with Gasteiger partial charge in [-0.25, -0.2) is 9.79 Å². The van der Waals surface area contributed by atoms with Crippen molar-refractivity contribution >= 4 is 40.8 Å². The first kappa shape index (κ1) is 28.3. The minimum atomic E-state index is -0.762. The summed E-state index contributed by atoms with van der Waals surface area (Å²) in [5.41, 5.74) is 2.54. The van der Waals surface area contributed by atoms with Crippen molar-refractivity contribution in [3.8, 4) is 17.2 Å². The number of carbonyl (C=O) groups is 1. The van der Waals surface area contributed by atoms with Crippen LogP contribution in [-0.4, -0.2) is 42.7 Å². The van der Waals surface area contributed by atoms with E-state index in [0.29, 0.717) is 26.2 Å². The molecule has 1 aliphatic heterocycles. The number of rotatable bonds is 8. The first-order chi connectivity index (χ1) is 19.9. The number of phenols is 1. The van der Waals surface area contributed by atoms with Crippen molar-refractivity contribution in [3.63, 3.8) is 0 Å². The molecule has 8 nitrogen and oxygen atoms in total. The van der Waals surface area contributed by atoms with Gasteiger partial charge in [0.15, 0.2) is 16.3 Å². The fraction of sp³-hybridized carbons (Fsp3) is 0.194. The predicted octanol–water partition coefficient (Wildman–Crippen LogP) is 4.38. The Balaban J connectivity index is 1.81. The van der Waals surface area contributed by atoms with E-state index in [1.54, 1.807) is 41.5 Å². The number of thioether (sulfide) groups is 1. The number of esters is 1. The molecule has 10 heteroatoms. The largest absolute Gasteiger partial charge is 0.502 e. The van der Waals surface area contributed by atoms with Crippen molar-refractivity contribution in [1.82, 2.24) is 4.57 Å². The summed E-state index contributed by atoms with van der Waals surface area (Å²) >= 11 is 2.82. The monoisotopic (exact) mass is 588 g/mol. The Morgan fingerprint density at radius 3 is 2.32 bits per heavy atom. The van der Waals surface area contributed by atoms with E-state index >= 15 is 0 Å². The molecule has 2 heterocycles. The lowest BCUT2D eigenvalue weighted by molar-refractivity contribution is -0.138. The average molecular weight is 589 g/mol. The molecule has 3 aromatic carbocycles. The van der Waals surface area contributed by atoms with Gasteiger partial charge in [-0.05, 0) is 54.6 Å². The van der Waals surface area contributed by atoms with Gasteiger partial charge in [0.2, 0.25) is 5.75 Å². The van der Waals surface area contributed by atoms with Crippen LogP contribution in [0.1, 0.15) is 29.7 Å². The Morgan fingerprint density at radius 2 is 1.73 bits per heavy atom. The summed E-state index contributed by atoms with van der Waals surface area (Å²) in [7, 11) is 2.88. The summed E-state index contributed by atoms with van der Waals surface area (Å²) in [4.78, 5) is 34.0. The number of fused-ring (bicyclic) bond motifs is 1. The topological polar surface area (TPSA) is 99.4 Å². The quantitative estimate of drug-likeness (QED) is 0.241. The molecule has 1 atom stereocenters. The van der Waals surface area contributed by atoms with Crippen molar-refractivity contribution in [3.05, 3.63) is 109 Å². The Morgan fingerprint density at radius 1 is 1.07 bits per heavy atom. The fourth-order valence-electron chi connectivity index (χ4n) is 4.69. The summed E-state index contributed by atoms with van der Waals surface area (Å²) in [6.07, 6.45) is 3.68. The highest BCUT2D eigenvalue weighted by atomic mass is 32.2. The summed E-state index contributed by atoms with van der Waals surface area (Å²) < 4.78 is 18.0. The van der Waals surface area contributed by atoms with Crippen molar-refractivity contribution < 1.29 is 24.1 Å². The summed E-state index contributed by atoms with van der Waals surface area (Å²) in [6.45, 7) is 1.93. The zero-order chi connectivity index (χ0) is 29.1. The standard InChI is InChI=1S/C31H28N2O6S2/c1-5-39-30(36)25-26(19-9-7-6-8-10-19)32-31-33(27(25)20-11-13-21(40-4)14-12-20)29(35)24(41-31)17-18-15-22(37-2)28(34)23(16-18)38-3/h6-17,27,34H,5H2,1-4H3/b24-17+/t27-/m0/s1. The van der Waals surface area contributed by atoms with E-state index in [1.165, 1.54) is 25.6 Å². The highest BCUT2D eigenvalue weighted by molar-refractivity contribution is 7.98. The Kier molecular flexibility index (Phi) is 8.32. The number of aromatic hydroxyl groups is 1. The fourth-order valence-corrected chi connectivity index (χ4v) is 6.10. The van der Waals surface area contributed by atoms with E-state index in [2.05, 4.69) is 0 Å². The maximum atomic E-state index is 14.1. The number of carbonyl (C=O) groups excluding carboxylic acids is 1. The van der Waals surface area contributed by atoms with Crippen LogP contribution in [0.5, 0.6) is 17.2 Å². The molecule has 0 spiro atoms. The van der Waals surface area contributed by atoms with E-state index in [0.717, 1.165) is 16.0 Å². The molecule has 0 radical (unpaired) electrons. The minimum Gasteiger partial charge on any atom is -0.502 e. The molecule has 0 amide bonds. The molecule has 1 aliphatic rings. The molecule has 210 valence electrons. The number of thiazole rings is 1. The normalized spacial score (nSPS) is 14.8. The predicted molar refractivity (Wildman–Crippen MR) is 160 cm³/mol. The van der Waals surface area contributed by atoms with Crippen LogP contribution in [0.3, 0.4) is 0 Å². The molecule has 0 aliphatic carbocycles. The number of hydrogen-bond donors (Lipinski definition) is 1. The number of benzene rings is 3. The van der Waals surface area contributed by atoms with Gasteiger partial charge in [-0.1, -0.05) is 53.8 Å². The number of nitrogens with zero attached hydrogens (tertiary/aromatic N) is 2. The highest BCUT2D eigenvalue weighted by Crippen LogP contribution is 2.38. The van der Waals surface area contributed by atoms with Gasteiger partial charge in [0.1, 0.15) is 0 Å². The lowest BCUT2D eigenvalue weighted by atomic mass is 9.93. The minimum absolute atomic E-state index is 0.131. The number of hydrogen-bond acceptors (Lipinski definition) is 9. The van der Waals surface area contributed by atoms with E-state index < -0.39 is 12.0 Å². The lowest BCUT2D eigenvalue weighted by Crippen LogP contribution is -2.40. The molecular weight excluding hydrogens is 560 g/mol. The molecule has 0 fully saturated rings. The molecule has 0 unspecified atom stereocenters. The molecule has 0 saturated heterocycles. The molecule has 1 aromatic heterocycles. The van der Waals surface area contributed by atoms with Gasteiger partial charge in [-0.3, -0.25) is 9.36 Å². The summed E-state index contributed by atoms with van der Waals surface area (Å²) in [5, 5.41) is 10.3. The van der Waals surface area contributed by atoms with E-state index in [4.69, 9.17) is 19.2 Å². The van der Waals surface area contributed by atoms with E-state index in [1.807, 2.05) is 60.9 Å². The van der Waals surface area contributed by atoms with Crippen molar-refractivity contribution in [2.24, 2.45) is 4.99 Å². The SMILES string of the molecule is CCOC(=O)C1=C(c2ccccc2)N=c2s/c(=C/c3cc(OC)c(O)c(OC)c3)c(=O)n2[C@H]1c1ccc(SC)cc1. The van der Waals surface area contributed by atoms with Gasteiger partial charge in [0, 0.05) is 10.5 Å². The van der Waals surface area contributed by atoms with Crippen LogP contribution in [0.4, 0.5) is 0 Å². The van der Waals surface area contributed by atoms with Gasteiger partial charge in [-0.2, -0.15) is 0 Å². The number of aromatic nitrogens is 1. The van der Waals surface area contributed by atoms with Crippen LogP contribution in [0.15, 0.2) is 87.0 Å². The number of ether oxygens (including phenoxy) is 3. The molecule has 1 N–H and O–H groups in total. The second-order valence-electron chi connectivity index (χ2n) is 8.98. The maximum absolute atomic E-state index is 14.1. The second kappa shape index (κ2) is 12.1. The van der Waals surface area contributed by atoms with E-state index in [-0.39, 0.29) is 29.4 Å². The van der Waals surface area contributed by atoms with Gasteiger partial charge >= 0.3 is 5.97 Å². The molecular formula is C31H28N2O6S2. The molecule has 41 heavy (non-hydrogen) atoms. The highest BCUT2D eigenvalue weighted by Gasteiger charge is 2.35. The third-order valence-electron chi connectivity index (χ3n) is 6.61. The Bertz CT molecular complexity index is 1780. The number of phenolic OH excluding ortho intramolecular Hbond substituents is 1. The average Bonchev–Trinajstić information content (AvgIpc) is 3.31. The van der Waals surface area contributed by atoms with Crippen molar-refractivity contribution in [2.75, 3.05) is 27.1 Å². The van der Waals surface area contributed by atoms with Gasteiger partial charge in [0.25, 0.3) is 5.56 Å². The first-order valence-electron chi connectivity index (χ1n) is 12.8. The van der Waals surface area contributed by atoms with Crippen LogP contribution in [0.25, 0.3) is 11.8 Å². The number of methoxy groups -OCH3 is 2. The van der Waals surface area contributed by atoms with Crippen LogP contribution >= 0.6 is 23.1 Å².